The first-order valence-corrected chi connectivity index (χ1v) is 7.53. The van der Waals surface area contributed by atoms with Gasteiger partial charge in [-0.3, -0.25) is 9.69 Å². The van der Waals surface area contributed by atoms with Crippen molar-refractivity contribution < 1.29 is 14.7 Å². The highest BCUT2D eigenvalue weighted by molar-refractivity contribution is 8.27. The molecule has 2 aliphatic rings. The van der Waals surface area contributed by atoms with Crippen molar-refractivity contribution in [2.45, 2.75) is 6.42 Å². The molecule has 2 aliphatic heterocycles. The summed E-state index contributed by atoms with van der Waals surface area (Å²) in [6.45, 7) is 0.987. The first-order valence-electron chi connectivity index (χ1n) is 5.32. The molecule has 2 rings (SSSR count). The number of thiocarbonyl (C=S) groups is 1. The molecule has 0 atom stereocenters. The molecule has 0 aromatic rings. The Hall–Kier alpha value is -0.730. The van der Waals surface area contributed by atoms with Gasteiger partial charge in [-0.25, -0.2) is 0 Å². The third-order valence-corrected chi connectivity index (χ3v) is 5.34. The SMILES string of the molecule is CN1CCS/C1=C1/SC(=S)N(CCC(=O)[O-])C1=O. The van der Waals surface area contributed by atoms with Crippen LogP contribution in [-0.4, -0.2) is 51.9 Å². The minimum Gasteiger partial charge on any atom is -0.550 e. The van der Waals surface area contributed by atoms with Gasteiger partial charge in [0.25, 0.3) is 5.91 Å². The van der Waals surface area contributed by atoms with Crippen LogP contribution in [0.25, 0.3) is 0 Å². The quantitative estimate of drug-likeness (QED) is 0.530. The lowest BCUT2D eigenvalue weighted by molar-refractivity contribution is -0.305. The van der Waals surface area contributed by atoms with Crippen LogP contribution in [0.15, 0.2) is 9.93 Å². The highest BCUT2D eigenvalue weighted by Crippen LogP contribution is 2.40. The molecular formula is C10H11N2O3S3-. The number of aliphatic carboxylic acids is 1. The van der Waals surface area contributed by atoms with Gasteiger partial charge >= 0.3 is 0 Å². The zero-order valence-electron chi connectivity index (χ0n) is 9.67. The zero-order chi connectivity index (χ0) is 13.3. The van der Waals surface area contributed by atoms with Crippen LogP contribution >= 0.6 is 35.7 Å². The normalized spacial score (nSPS) is 24.3. The number of carbonyl (C=O) groups is 2. The predicted octanol–water partition coefficient (Wildman–Crippen LogP) is -0.166. The number of nitrogens with zero attached hydrogens (tertiary/aromatic N) is 2. The lowest BCUT2D eigenvalue weighted by Gasteiger charge is -2.15. The standard InChI is InChI=1S/C10H12N2O3S3/c1-11-4-5-17-9(11)7-8(15)12(10(16)18-7)3-2-6(13)14/h2-5H2,1H3,(H,13,14)/p-1/b9-7+. The first kappa shape index (κ1) is 13.7. The Morgan fingerprint density at radius 2 is 2.28 bits per heavy atom. The van der Waals surface area contributed by atoms with Crippen molar-refractivity contribution in [1.29, 1.82) is 0 Å². The van der Waals surface area contributed by atoms with Crippen LogP contribution in [0.5, 0.6) is 0 Å². The van der Waals surface area contributed by atoms with E-state index in [-0.39, 0.29) is 18.9 Å². The van der Waals surface area contributed by atoms with Crippen LogP contribution in [0.3, 0.4) is 0 Å². The van der Waals surface area contributed by atoms with Gasteiger partial charge in [-0.15, -0.1) is 11.8 Å². The minimum atomic E-state index is -1.18. The Labute approximate surface area is 119 Å². The summed E-state index contributed by atoms with van der Waals surface area (Å²) in [7, 11) is 1.93. The van der Waals surface area contributed by atoms with Crippen LogP contribution in [0, 0.1) is 0 Å². The molecule has 0 aliphatic carbocycles. The van der Waals surface area contributed by atoms with Crippen LogP contribution < -0.4 is 5.11 Å². The van der Waals surface area contributed by atoms with E-state index < -0.39 is 5.97 Å². The fourth-order valence-electron chi connectivity index (χ4n) is 1.65. The van der Waals surface area contributed by atoms with E-state index in [2.05, 4.69) is 0 Å². The van der Waals surface area contributed by atoms with Crippen molar-refractivity contribution in [3.8, 4) is 0 Å². The number of carbonyl (C=O) groups excluding carboxylic acids is 2. The van der Waals surface area contributed by atoms with E-state index in [9.17, 15) is 14.7 Å². The molecule has 0 aromatic heterocycles. The summed E-state index contributed by atoms with van der Waals surface area (Å²) in [5, 5.41) is 11.4. The number of carboxylic acid groups (broad SMARTS) is 1. The van der Waals surface area contributed by atoms with Gasteiger partial charge in [0.15, 0.2) is 0 Å². The Balaban J connectivity index is 2.16. The van der Waals surface area contributed by atoms with E-state index >= 15 is 0 Å². The molecule has 2 fully saturated rings. The first-order chi connectivity index (χ1) is 8.50. The third-order valence-electron chi connectivity index (χ3n) is 2.60. The fourth-order valence-corrected chi connectivity index (χ4v) is 4.37. The second kappa shape index (κ2) is 5.50. The molecule has 8 heteroatoms. The number of amides is 1. The molecule has 0 saturated carbocycles. The summed E-state index contributed by atoms with van der Waals surface area (Å²) in [5.41, 5.74) is 0. The van der Waals surface area contributed by atoms with Crippen LogP contribution in [-0.2, 0) is 9.59 Å². The summed E-state index contributed by atoms with van der Waals surface area (Å²) in [5.74, 6) is -0.416. The molecular weight excluding hydrogens is 292 g/mol. The second-order valence-electron chi connectivity index (χ2n) is 3.85. The van der Waals surface area contributed by atoms with Gasteiger partial charge in [-0.2, -0.15) is 0 Å². The maximum Gasteiger partial charge on any atom is 0.268 e. The number of hydrogen-bond donors (Lipinski definition) is 0. The average molecular weight is 303 g/mol. The molecule has 0 bridgehead atoms. The fraction of sp³-hybridized carbons (Fsp3) is 0.500. The predicted molar refractivity (Wildman–Crippen MR) is 73.6 cm³/mol. The van der Waals surface area contributed by atoms with Crippen LogP contribution in [0.1, 0.15) is 6.42 Å². The minimum absolute atomic E-state index is 0.0815. The van der Waals surface area contributed by atoms with Crippen LogP contribution in [0.4, 0.5) is 0 Å². The smallest absolute Gasteiger partial charge is 0.268 e. The summed E-state index contributed by atoms with van der Waals surface area (Å²) >= 11 is 7.99. The van der Waals surface area contributed by atoms with Gasteiger partial charge < -0.3 is 14.8 Å². The monoisotopic (exact) mass is 303 g/mol. The number of hydrogen-bond acceptors (Lipinski definition) is 7. The van der Waals surface area contributed by atoms with Gasteiger partial charge in [0.1, 0.15) is 9.23 Å². The van der Waals surface area contributed by atoms with Crippen molar-refractivity contribution in [2.75, 3.05) is 25.9 Å². The molecule has 98 valence electrons. The van der Waals surface area contributed by atoms with Gasteiger partial charge in [0.05, 0.1) is 5.03 Å². The second-order valence-corrected chi connectivity index (χ2v) is 6.58. The lowest BCUT2D eigenvalue weighted by Crippen LogP contribution is -2.34. The highest BCUT2D eigenvalue weighted by atomic mass is 32.2. The number of thioether (sulfide) groups is 2. The summed E-state index contributed by atoms with van der Waals surface area (Å²) in [6.07, 6.45) is -0.196. The molecule has 5 nitrogen and oxygen atoms in total. The molecule has 0 radical (unpaired) electrons. The number of carboxylic acids is 1. The molecule has 2 saturated heterocycles. The van der Waals surface area contributed by atoms with Crippen molar-refractivity contribution in [3.63, 3.8) is 0 Å². The van der Waals surface area contributed by atoms with Gasteiger partial charge in [-0.1, -0.05) is 24.0 Å². The Kier molecular flexibility index (Phi) is 4.18. The average Bonchev–Trinajstić information content (AvgIpc) is 2.81. The molecule has 1 amide bonds. The van der Waals surface area contributed by atoms with Crippen LogP contribution in [0.2, 0.25) is 0 Å². The number of rotatable bonds is 3. The van der Waals surface area contributed by atoms with E-state index in [0.29, 0.717) is 9.23 Å². The summed E-state index contributed by atoms with van der Waals surface area (Å²) in [4.78, 5) is 26.6. The molecule has 0 aromatic carbocycles. The summed E-state index contributed by atoms with van der Waals surface area (Å²) < 4.78 is 0.421. The maximum atomic E-state index is 12.2. The molecule has 18 heavy (non-hydrogen) atoms. The van der Waals surface area contributed by atoms with Gasteiger partial charge in [0, 0.05) is 38.3 Å². The van der Waals surface area contributed by atoms with Gasteiger partial charge in [0.2, 0.25) is 0 Å². The molecule has 2 heterocycles. The molecule has 0 N–H and O–H groups in total. The molecule has 0 spiro atoms. The largest absolute Gasteiger partial charge is 0.550 e. The van der Waals surface area contributed by atoms with E-state index in [1.807, 2.05) is 11.9 Å². The van der Waals surface area contributed by atoms with Crippen molar-refractivity contribution in [2.24, 2.45) is 0 Å². The van der Waals surface area contributed by atoms with E-state index in [1.54, 1.807) is 11.8 Å². The topological polar surface area (TPSA) is 63.7 Å². The van der Waals surface area contributed by atoms with E-state index in [4.69, 9.17) is 12.2 Å². The third kappa shape index (κ3) is 2.65. The maximum absolute atomic E-state index is 12.2. The Bertz CT molecular complexity index is 450. The Morgan fingerprint density at radius 1 is 1.56 bits per heavy atom. The van der Waals surface area contributed by atoms with E-state index in [0.717, 1.165) is 17.3 Å². The van der Waals surface area contributed by atoms with Gasteiger partial charge in [-0.05, 0) is 0 Å². The van der Waals surface area contributed by atoms with Crippen molar-refractivity contribution in [3.05, 3.63) is 9.93 Å². The Morgan fingerprint density at radius 3 is 2.83 bits per heavy atom. The zero-order valence-corrected chi connectivity index (χ0v) is 12.1. The summed E-state index contributed by atoms with van der Waals surface area (Å²) in [6, 6.07) is 0. The molecule has 0 unspecified atom stereocenters. The van der Waals surface area contributed by atoms with E-state index in [1.165, 1.54) is 16.7 Å². The lowest BCUT2D eigenvalue weighted by atomic mass is 10.4. The highest BCUT2D eigenvalue weighted by Gasteiger charge is 2.36. The van der Waals surface area contributed by atoms with Crippen molar-refractivity contribution >= 4 is 51.9 Å². The van der Waals surface area contributed by atoms with Crippen molar-refractivity contribution in [1.82, 2.24) is 9.80 Å².